The van der Waals surface area contributed by atoms with E-state index in [2.05, 4.69) is 91.0 Å². The second-order valence-electron chi connectivity index (χ2n) is 11.9. The van der Waals surface area contributed by atoms with Crippen molar-refractivity contribution in [2.75, 3.05) is 6.61 Å². The molecule has 5 nitrogen and oxygen atoms in total. The van der Waals surface area contributed by atoms with Gasteiger partial charge < -0.3 is 9.29 Å². The first kappa shape index (κ1) is 31.6. The van der Waals surface area contributed by atoms with Gasteiger partial charge in [-0.3, -0.25) is 4.79 Å². The molecule has 1 unspecified atom stereocenters. The number of carbonyl (C=O) groups excluding carboxylic acids is 1. The van der Waals surface area contributed by atoms with Crippen LogP contribution < -0.4 is 0 Å². The summed E-state index contributed by atoms with van der Waals surface area (Å²) in [5.74, 6) is 0.982. The van der Waals surface area contributed by atoms with E-state index in [0.717, 1.165) is 38.5 Å². The van der Waals surface area contributed by atoms with E-state index in [1.54, 1.807) is 0 Å². The Labute approximate surface area is 253 Å². The van der Waals surface area contributed by atoms with E-state index in [1.807, 2.05) is 0 Å². The highest BCUT2D eigenvalue weighted by atomic mass is 32.2. The van der Waals surface area contributed by atoms with Crippen molar-refractivity contribution in [2.24, 2.45) is 23.2 Å². The number of carbonyl (C=O) groups is 1. The molecule has 4 saturated carbocycles. The van der Waals surface area contributed by atoms with Gasteiger partial charge in [0.05, 0.1) is 22.9 Å². The minimum atomic E-state index is -6.09. The maximum absolute atomic E-state index is 13.4. The molecule has 0 amide bonds. The van der Waals surface area contributed by atoms with Crippen LogP contribution in [0.3, 0.4) is 0 Å². The molecule has 3 aromatic carbocycles. The molecule has 4 aliphatic rings. The predicted octanol–water partition coefficient (Wildman–Crippen LogP) is 7.39. The van der Waals surface area contributed by atoms with Gasteiger partial charge in [0.2, 0.25) is 0 Å². The lowest BCUT2D eigenvalue weighted by Crippen LogP contribution is -2.50. The summed E-state index contributed by atoms with van der Waals surface area (Å²) >= 11 is 0. The number of ether oxygens (including phenoxy) is 1. The summed E-state index contributed by atoms with van der Waals surface area (Å²) in [6.45, 7) is -0.660. The van der Waals surface area contributed by atoms with E-state index in [-0.39, 0.29) is 10.9 Å². The first-order valence-corrected chi connectivity index (χ1v) is 17.2. The molecule has 10 heteroatoms. The number of esters is 1. The van der Waals surface area contributed by atoms with E-state index < -0.39 is 46.0 Å². The number of alkyl halides is 3. The van der Waals surface area contributed by atoms with Crippen molar-refractivity contribution < 1.29 is 35.7 Å². The van der Waals surface area contributed by atoms with E-state index in [4.69, 9.17) is 4.74 Å². The van der Waals surface area contributed by atoms with Crippen molar-refractivity contribution in [3.8, 4) is 0 Å². The van der Waals surface area contributed by atoms with Crippen molar-refractivity contribution in [1.82, 2.24) is 0 Å². The van der Waals surface area contributed by atoms with Gasteiger partial charge in [-0.1, -0.05) is 54.6 Å². The largest absolute Gasteiger partial charge is 0.743 e. The third-order valence-electron chi connectivity index (χ3n) is 8.71. The Morgan fingerprint density at radius 1 is 0.814 bits per heavy atom. The van der Waals surface area contributed by atoms with Crippen molar-refractivity contribution >= 4 is 27.0 Å². The fourth-order valence-electron chi connectivity index (χ4n) is 7.17. The minimum Gasteiger partial charge on any atom is -0.743 e. The fraction of sp³-hybridized carbons (Fsp3) is 0.424. The molecule has 0 aromatic heterocycles. The van der Waals surface area contributed by atoms with Gasteiger partial charge in [-0.25, -0.2) is 12.8 Å². The first-order valence-electron chi connectivity index (χ1n) is 14.5. The molecule has 4 bridgehead atoms. The Morgan fingerprint density at radius 3 is 1.53 bits per heavy atom. The molecule has 3 aromatic rings. The highest BCUT2D eigenvalue weighted by Crippen LogP contribution is 2.60. The van der Waals surface area contributed by atoms with Crippen molar-refractivity contribution in [3.63, 3.8) is 0 Å². The highest BCUT2D eigenvalue weighted by molar-refractivity contribution is 7.97. The lowest BCUT2D eigenvalue weighted by Gasteiger charge is -2.55. The number of rotatable bonds is 9. The first-order chi connectivity index (χ1) is 20.5. The standard InChI is InChI=1S/C18H15S.C15H21F3O5S/c1-4-10-16(11-5-1)19(17-12-6-2-7-13-17)18-14-8-3-9-15-18;16-12(15(17,18)24(20,21)22)1-2-23-13(19)14-6-9-3-10(7-14)5-11(4-9)8-14/h1-15H;9-12H,1-8H2,(H,20,21,22)/q+1;/p-1. The average molecular weight is 633 g/mol. The summed E-state index contributed by atoms with van der Waals surface area (Å²) in [5, 5.41) is -5.01. The molecule has 1 atom stereocenters. The third kappa shape index (κ3) is 7.13. The SMILES string of the molecule is O=C(OCCC(F)C(F)(F)S(=O)(=O)[O-])C12CC3CC(CC(C3)C1)C2.c1ccc([S+](c2ccccc2)c2ccccc2)cc1. The second kappa shape index (κ2) is 13.0. The van der Waals surface area contributed by atoms with Crippen LogP contribution in [-0.4, -0.2) is 37.0 Å². The highest BCUT2D eigenvalue weighted by Gasteiger charge is 2.55. The maximum atomic E-state index is 13.4. The molecule has 0 aliphatic heterocycles. The zero-order valence-electron chi connectivity index (χ0n) is 23.6. The van der Waals surface area contributed by atoms with Gasteiger partial charge in [0.15, 0.2) is 31.0 Å². The van der Waals surface area contributed by atoms with Gasteiger partial charge in [0, 0.05) is 6.42 Å². The number of halogens is 3. The van der Waals surface area contributed by atoms with E-state index in [0.29, 0.717) is 17.8 Å². The lowest BCUT2D eigenvalue weighted by atomic mass is 9.49. The smallest absolute Gasteiger partial charge is 0.364 e. The van der Waals surface area contributed by atoms with Crippen LogP contribution in [-0.2, 0) is 30.5 Å². The third-order valence-corrected chi connectivity index (χ3v) is 11.9. The predicted molar refractivity (Wildman–Crippen MR) is 157 cm³/mol. The summed E-state index contributed by atoms with van der Waals surface area (Å²) in [6, 6.07) is 32.2. The molecule has 43 heavy (non-hydrogen) atoms. The number of benzene rings is 3. The Balaban J connectivity index is 0.000000176. The van der Waals surface area contributed by atoms with Gasteiger partial charge >= 0.3 is 11.2 Å². The number of hydrogen-bond donors (Lipinski definition) is 0. The van der Waals surface area contributed by atoms with Gasteiger partial charge in [0.25, 0.3) is 0 Å². The molecule has 0 heterocycles. The molecule has 0 radical (unpaired) electrons. The molecule has 7 rings (SSSR count). The summed E-state index contributed by atoms with van der Waals surface area (Å²) in [6.07, 6.45) is 1.31. The normalized spacial score (nSPS) is 25.1. The van der Waals surface area contributed by atoms with Gasteiger partial charge in [0.1, 0.15) is 0 Å². The van der Waals surface area contributed by atoms with Crippen LogP contribution in [0.5, 0.6) is 0 Å². The van der Waals surface area contributed by atoms with E-state index in [1.165, 1.54) is 14.7 Å². The quantitative estimate of drug-likeness (QED) is 0.140. The van der Waals surface area contributed by atoms with E-state index >= 15 is 0 Å². The fourth-order valence-corrected chi connectivity index (χ4v) is 9.71. The monoisotopic (exact) mass is 632 g/mol. The molecule has 230 valence electrons. The zero-order valence-corrected chi connectivity index (χ0v) is 25.3. The lowest BCUT2D eigenvalue weighted by molar-refractivity contribution is -0.172. The number of hydrogen-bond acceptors (Lipinski definition) is 5. The zero-order chi connectivity index (χ0) is 30.7. The van der Waals surface area contributed by atoms with Crippen LogP contribution >= 0.6 is 0 Å². The van der Waals surface area contributed by atoms with Gasteiger partial charge in [-0.05, 0) is 92.7 Å². The Kier molecular flexibility index (Phi) is 9.58. The summed E-state index contributed by atoms with van der Waals surface area (Å²) < 4.78 is 75.6. The van der Waals surface area contributed by atoms with Crippen molar-refractivity contribution in [1.29, 1.82) is 0 Å². The molecular weight excluding hydrogens is 597 g/mol. The van der Waals surface area contributed by atoms with Crippen LogP contribution in [0.25, 0.3) is 0 Å². The van der Waals surface area contributed by atoms with Crippen LogP contribution in [0.2, 0.25) is 0 Å². The molecule has 0 N–H and O–H groups in total. The van der Waals surface area contributed by atoms with Crippen LogP contribution in [0.4, 0.5) is 13.2 Å². The molecule has 0 spiro atoms. The second-order valence-corrected chi connectivity index (χ2v) is 15.3. The van der Waals surface area contributed by atoms with Crippen LogP contribution in [0.15, 0.2) is 106 Å². The molecule has 4 fully saturated rings. The van der Waals surface area contributed by atoms with E-state index in [9.17, 15) is 30.9 Å². The van der Waals surface area contributed by atoms with Gasteiger partial charge in [-0.2, -0.15) is 8.78 Å². The minimum absolute atomic E-state index is 0.0146. The Bertz CT molecular complexity index is 1340. The van der Waals surface area contributed by atoms with Crippen molar-refractivity contribution in [3.05, 3.63) is 91.0 Å². The Hall–Kier alpha value is -2.82. The molecule has 0 saturated heterocycles. The summed E-state index contributed by atoms with van der Waals surface area (Å²) in [5.41, 5.74) is -0.590. The van der Waals surface area contributed by atoms with Crippen LogP contribution in [0, 0.1) is 23.2 Å². The molecular formula is C33H35F3O5S2. The van der Waals surface area contributed by atoms with Crippen molar-refractivity contribution in [2.45, 2.75) is 71.1 Å². The van der Waals surface area contributed by atoms with Crippen LogP contribution in [0.1, 0.15) is 44.9 Å². The maximum Gasteiger partial charge on any atom is 0.364 e. The summed E-state index contributed by atoms with van der Waals surface area (Å²) in [4.78, 5) is 16.5. The topological polar surface area (TPSA) is 83.5 Å². The molecule has 4 aliphatic carbocycles. The summed E-state index contributed by atoms with van der Waals surface area (Å²) in [7, 11) is -6.10. The Morgan fingerprint density at radius 2 is 1.19 bits per heavy atom. The van der Waals surface area contributed by atoms with Gasteiger partial charge in [-0.15, -0.1) is 0 Å². The average Bonchev–Trinajstić information content (AvgIpc) is 2.98.